The van der Waals surface area contributed by atoms with Crippen LogP contribution in [-0.2, 0) is 12.8 Å². The van der Waals surface area contributed by atoms with Crippen molar-refractivity contribution >= 4 is 11.7 Å². The van der Waals surface area contributed by atoms with E-state index in [1.807, 2.05) is 19.1 Å². The highest BCUT2D eigenvalue weighted by atomic mass is 16.5. The van der Waals surface area contributed by atoms with Gasteiger partial charge in [0.2, 0.25) is 5.89 Å². The van der Waals surface area contributed by atoms with Gasteiger partial charge in [-0.15, -0.1) is 0 Å². The van der Waals surface area contributed by atoms with Gasteiger partial charge in [-0.1, -0.05) is 17.3 Å². The van der Waals surface area contributed by atoms with Crippen LogP contribution in [0, 0.1) is 0 Å². The van der Waals surface area contributed by atoms with Gasteiger partial charge in [0, 0.05) is 11.6 Å². The number of nitrogens with zero attached hydrogens (tertiary/aromatic N) is 2. The first kappa shape index (κ1) is 15.2. The number of carbonyl (C=O) groups is 1. The number of anilines is 1. The molecule has 2 N–H and O–H groups in total. The number of hydrogen-bond donors (Lipinski definition) is 2. The smallest absolute Gasteiger partial charge is 0.319 e. The summed E-state index contributed by atoms with van der Waals surface area (Å²) in [6, 6.07) is 5.56. The maximum Gasteiger partial charge on any atom is 0.319 e. The zero-order valence-electron chi connectivity index (χ0n) is 13.8. The second-order valence-corrected chi connectivity index (χ2v) is 6.74. The summed E-state index contributed by atoms with van der Waals surface area (Å²) >= 11 is 0. The Morgan fingerprint density at radius 3 is 2.96 bits per heavy atom. The molecule has 2 aromatic rings. The van der Waals surface area contributed by atoms with E-state index in [0.29, 0.717) is 11.8 Å². The highest BCUT2D eigenvalue weighted by molar-refractivity contribution is 5.90. The van der Waals surface area contributed by atoms with E-state index in [1.54, 1.807) is 0 Å². The van der Waals surface area contributed by atoms with E-state index in [4.69, 9.17) is 4.52 Å². The molecule has 0 bridgehead atoms. The Hall–Kier alpha value is -2.37. The molecule has 2 aliphatic rings. The quantitative estimate of drug-likeness (QED) is 0.897. The molecule has 1 aromatic carbocycles. The van der Waals surface area contributed by atoms with Crippen molar-refractivity contribution in [1.82, 2.24) is 15.5 Å². The molecule has 1 saturated carbocycles. The fourth-order valence-electron chi connectivity index (χ4n) is 3.25. The molecule has 0 radical (unpaired) electrons. The first-order chi connectivity index (χ1) is 11.7. The maximum atomic E-state index is 12.3. The van der Waals surface area contributed by atoms with Gasteiger partial charge < -0.3 is 15.2 Å². The zero-order chi connectivity index (χ0) is 16.5. The Bertz CT molecular complexity index is 751. The molecule has 6 heteroatoms. The monoisotopic (exact) mass is 326 g/mol. The van der Waals surface area contributed by atoms with Gasteiger partial charge in [-0.05, 0) is 62.6 Å². The van der Waals surface area contributed by atoms with Gasteiger partial charge in [-0.2, -0.15) is 4.98 Å². The van der Waals surface area contributed by atoms with Crippen molar-refractivity contribution in [3.63, 3.8) is 0 Å². The van der Waals surface area contributed by atoms with Crippen molar-refractivity contribution in [1.29, 1.82) is 0 Å². The van der Waals surface area contributed by atoms with Crippen LogP contribution >= 0.6 is 0 Å². The van der Waals surface area contributed by atoms with Gasteiger partial charge in [-0.25, -0.2) is 4.79 Å². The summed E-state index contributed by atoms with van der Waals surface area (Å²) in [7, 11) is 0. The number of carbonyl (C=O) groups excluding carboxylic acids is 1. The fraction of sp³-hybridized carbons (Fsp3) is 0.500. The molecule has 6 nitrogen and oxygen atoms in total. The molecule has 1 fully saturated rings. The molecular weight excluding hydrogens is 304 g/mol. The molecular formula is C18H22N4O2. The number of hydrogen-bond acceptors (Lipinski definition) is 4. The average molecular weight is 326 g/mol. The lowest BCUT2D eigenvalue weighted by molar-refractivity contribution is 0.245. The number of fused-ring (bicyclic) bond motifs is 1. The van der Waals surface area contributed by atoms with E-state index in [2.05, 4.69) is 26.8 Å². The summed E-state index contributed by atoms with van der Waals surface area (Å²) in [4.78, 5) is 16.7. The molecule has 1 aromatic heterocycles. The highest BCUT2D eigenvalue weighted by Crippen LogP contribution is 2.38. The predicted octanol–water partition coefficient (Wildman–Crippen LogP) is 3.71. The lowest BCUT2D eigenvalue weighted by Gasteiger charge is -2.20. The summed E-state index contributed by atoms with van der Waals surface area (Å²) < 4.78 is 5.27. The van der Waals surface area contributed by atoms with E-state index in [1.165, 1.54) is 24.0 Å². The van der Waals surface area contributed by atoms with Crippen LogP contribution in [0.15, 0.2) is 22.7 Å². The second kappa shape index (κ2) is 6.26. The van der Waals surface area contributed by atoms with Crippen LogP contribution in [-0.4, -0.2) is 16.2 Å². The largest absolute Gasteiger partial charge is 0.337 e. The van der Waals surface area contributed by atoms with Gasteiger partial charge in [0.25, 0.3) is 0 Å². The summed E-state index contributed by atoms with van der Waals surface area (Å²) in [5.41, 5.74) is 3.51. The van der Waals surface area contributed by atoms with Crippen LogP contribution in [0.5, 0.6) is 0 Å². The normalized spacial score (nSPS) is 17.9. The van der Waals surface area contributed by atoms with Crippen LogP contribution in [0.4, 0.5) is 10.5 Å². The van der Waals surface area contributed by atoms with E-state index in [9.17, 15) is 4.79 Å². The third-order valence-electron chi connectivity index (χ3n) is 4.76. The van der Waals surface area contributed by atoms with Crippen molar-refractivity contribution < 1.29 is 9.32 Å². The third kappa shape index (κ3) is 3.13. The molecule has 0 saturated heterocycles. The van der Waals surface area contributed by atoms with E-state index >= 15 is 0 Å². The van der Waals surface area contributed by atoms with Crippen molar-refractivity contribution in [2.45, 2.75) is 57.4 Å². The van der Waals surface area contributed by atoms with E-state index in [-0.39, 0.29) is 12.1 Å². The molecule has 0 aliphatic heterocycles. The molecule has 0 spiro atoms. The number of aromatic nitrogens is 2. The highest BCUT2D eigenvalue weighted by Gasteiger charge is 2.29. The third-order valence-corrected chi connectivity index (χ3v) is 4.76. The Labute approximate surface area is 141 Å². The van der Waals surface area contributed by atoms with Gasteiger partial charge in [0.15, 0.2) is 5.82 Å². The molecule has 2 aliphatic carbocycles. The minimum atomic E-state index is -0.315. The SMILES string of the molecule is CC(NC(=O)Nc1cccc2c1CCCC2)c1nc(C2CC2)no1. The van der Waals surface area contributed by atoms with Gasteiger partial charge >= 0.3 is 6.03 Å². The van der Waals surface area contributed by atoms with Crippen LogP contribution in [0.2, 0.25) is 0 Å². The molecule has 2 amide bonds. The van der Waals surface area contributed by atoms with Gasteiger partial charge in [0.05, 0.1) is 0 Å². The Morgan fingerprint density at radius 1 is 1.29 bits per heavy atom. The van der Waals surface area contributed by atoms with Crippen molar-refractivity contribution in [3.05, 3.63) is 41.0 Å². The molecule has 1 unspecified atom stereocenters. The Kier molecular flexibility index (Phi) is 3.96. The van der Waals surface area contributed by atoms with Crippen molar-refractivity contribution in [2.24, 2.45) is 0 Å². The van der Waals surface area contributed by atoms with Gasteiger partial charge in [0.1, 0.15) is 6.04 Å². The van der Waals surface area contributed by atoms with Crippen LogP contribution < -0.4 is 10.6 Å². The molecule has 24 heavy (non-hydrogen) atoms. The topological polar surface area (TPSA) is 80.0 Å². The summed E-state index contributed by atoms with van der Waals surface area (Å²) in [6.07, 6.45) is 6.77. The number of aryl methyl sites for hydroxylation is 1. The van der Waals surface area contributed by atoms with Crippen molar-refractivity contribution in [3.8, 4) is 0 Å². The number of urea groups is 1. The van der Waals surface area contributed by atoms with Crippen LogP contribution in [0.1, 0.15) is 67.4 Å². The number of amides is 2. The minimum absolute atomic E-state index is 0.243. The minimum Gasteiger partial charge on any atom is -0.337 e. The van der Waals surface area contributed by atoms with Crippen molar-refractivity contribution in [2.75, 3.05) is 5.32 Å². The predicted molar refractivity (Wildman–Crippen MR) is 89.9 cm³/mol. The Morgan fingerprint density at radius 2 is 2.12 bits per heavy atom. The Balaban J connectivity index is 1.41. The maximum absolute atomic E-state index is 12.3. The fourth-order valence-corrected chi connectivity index (χ4v) is 3.25. The molecule has 126 valence electrons. The standard InChI is InChI=1S/C18H22N4O2/c1-11(17-21-16(22-24-17)13-9-10-13)19-18(23)20-15-8-4-6-12-5-2-3-7-14(12)15/h4,6,8,11,13H,2-3,5,7,9-10H2,1H3,(H2,19,20,23). The van der Waals surface area contributed by atoms with Gasteiger partial charge in [-0.3, -0.25) is 0 Å². The summed E-state index contributed by atoms with van der Waals surface area (Å²) in [5.74, 6) is 1.66. The van der Waals surface area contributed by atoms with Crippen LogP contribution in [0.25, 0.3) is 0 Å². The van der Waals surface area contributed by atoms with E-state index < -0.39 is 0 Å². The summed E-state index contributed by atoms with van der Waals surface area (Å²) in [5, 5.41) is 9.84. The second-order valence-electron chi connectivity index (χ2n) is 6.74. The van der Waals surface area contributed by atoms with Crippen LogP contribution in [0.3, 0.4) is 0 Å². The lowest BCUT2D eigenvalue weighted by atomic mass is 9.90. The number of nitrogens with one attached hydrogen (secondary N) is 2. The molecule has 4 rings (SSSR count). The lowest BCUT2D eigenvalue weighted by Crippen LogP contribution is -2.31. The number of benzene rings is 1. The first-order valence-corrected chi connectivity index (χ1v) is 8.72. The molecule has 1 heterocycles. The first-order valence-electron chi connectivity index (χ1n) is 8.72. The summed E-state index contributed by atoms with van der Waals surface area (Å²) in [6.45, 7) is 1.85. The average Bonchev–Trinajstić information content (AvgIpc) is 3.32. The number of rotatable bonds is 4. The molecule has 1 atom stereocenters. The van der Waals surface area contributed by atoms with E-state index in [0.717, 1.165) is 37.2 Å². The zero-order valence-corrected chi connectivity index (χ0v) is 13.8.